The Morgan fingerprint density at radius 3 is 2.85 bits per heavy atom. The molecule has 1 aromatic heterocycles. The Hall–Kier alpha value is -1.33. The van der Waals surface area contributed by atoms with E-state index in [4.69, 9.17) is 0 Å². The summed E-state index contributed by atoms with van der Waals surface area (Å²) in [5.74, 6) is -0.915. The summed E-state index contributed by atoms with van der Waals surface area (Å²) in [4.78, 5) is 17.0. The van der Waals surface area contributed by atoms with E-state index in [-0.39, 0.29) is 0 Å². The molecule has 1 N–H and O–H groups in total. The highest BCUT2D eigenvalue weighted by molar-refractivity contribution is 9.10. The Labute approximate surface area is 129 Å². The number of aromatic nitrogens is 1. The molecule has 102 valence electrons. The Bertz CT molecular complexity index is 688. The number of aryl methyl sites for hydroxylation is 2. The number of benzene rings is 1. The van der Waals surface area contributed by atoms with Gasteiger partial charge in [0.2, 0.25) is 0 Å². The molecule has 2 aromatic rings. The van der Waals surface area contributed by atoms with E-state index in [1.165, 1.54) is 11.8 Å². The zero-order valence-electron chi connectivity index (χ0n) is 10.6. The van der Waals surface area contributed by atoms with E-state index >= 15 is 0 Å². The van der Waals surface area contributed by atoms with Gasteiger partial charge in [-0.1, -0.05) is 23.9 Å². The monoisotopic (exact) mass is 349 g/mol. The number of rotatable bonds is 3. The van der Waals surface area contributed by atoms with Crippen molar-refractivity contribution in [1.29, 1.82) is 0 Å². The second kappa shape index (κ2) is 5.58. The minimum Gasteiger partial charge on any atom is -0.478 e. The van der Waals surface area contributed by atoms with Gasteiger partial charge >= 0.3 is 5.97 Å². The van der Waals surface area contributed by atoms with Crippen LogP contribution in [0.5, 0.6) is 0 Å². The van der Waals surface area contributed by atoms with Crippen LogP contribution in [0.25, 0.3) is 0 Å². The Kier molecular flexibility index (Phi) is 3.81. The van der Waals surface area contributed by atoms with Crippen LogP contribution >= 0.6 is 27.7 Å². The first-order chi connectivity index (χ1) is 9.65. The van der Waals surface area contributed by atoms with Gasteiger partial charge in [-0.2, -0.15) is 0 Å². The SMILES string of the molecule is O=C(O)c1cc2c(nc1Sc1ccccc1Br)CCC2. The van der Waals surface area contributed by atoms with E-state index < -0.39 is 5.97 Å². The molecule has 1 aliphatic carbocycles. The molecule has 0 bridgehead atoms. The van der Waals surface area contributed by atoms with Gasteiger partial charge in [0.15, 0.2) is 0 Å². The summed E-state index contributed by atoms with van der Waals surface area (Å²) in [5, 5.41) is 9.95. The molecule has 0 aliphatic heterocycles. The molecule has 1 aromatic carbocycles. The predicted molar refractivity (Wildman–Crippen MR) is 81.5 cm³/mol. The molecule has 3 nitrogen and oxygen atoms in total. The maximum atomic E-state index is 11.4. The maximum Gasteiger partial charge on any atom is 0.338 e. The molecule has 0 saturated carbocycles. The summed E-state index contributed by atoms with van der Waals surface area (Å²) < 4.78 is 0.948. The lowest BCUT2D eigenvalue weighted by Crippen LogP contribution is -2.04. The fourth-order valence-electron chi connectivity index (χ4n) is 2.32. The van der Waals surface area contributed by atoms with Crippen molar-refractivity contribution >= 4 is 33.7 Å². The second-order valence-electron chi connectivity index (χ2n) is 4.64. The summed E-state index contributed by atoms with van der Waals surface area (Å²) >= 11 is 4.88. The zero-order valence-corrected chi connectivity index (χ0v) is 13.0. The average Bonchev–Trinajstić information content (AvgIpc) is 2.87. The minimum atomic E-state index is -0.915. The fourth-order valence-corrected chi connectivity index (χ4v) is 3.78. The summed E-state index contributed by atoms with van der Waals surface area (Å²) in [6, 6.07) is 9.55. The van der Waals surface area contributed by atoms with Gasteiger partial charge in [-0.25, -0.2) is 9.78 Å². The van der Waals surface area contributed by atoms with Crippen molar-refractivity contribution in [3.05, 3.63) is 51.6 Å². The van der Waals surface area contributed by atoms with Gasteiger partial charge in [-0.05, 0) is 59.0 Å². The Balaban J connectivity index is 2.04. The largest absolute Gasteiger partial charge is 0.478 e. The normalized spacial score (nSPS) is 13.2. The molecule has 0 fully saturated rings. The van der Waals surface area contributed by atoms with Crippen molar-refractivity contribution in [3.63, 3.8) is 0 Å². The van der Waals surface area contributed by atoms with Crippen LogP contribution < -0.4 is 0 Å². The molecule has 20 heavy (non-hydrogen) atoms. The van der Waals surface area contributed by atoms with Crippen LogP contribution in [-0.4, -0.2) is 16.1 Å². The Morgan fingerprint density at radius 2 is 2.10 bits per heavy atom. The lowest BCUT2D eigenvalue weighted by atomic mass is 10.1. The van der Waals surface area contributed by atoms with Crippen LogP contribution in [0.15, 0.2) is 44.7 Å². The number of fused-ring (bicyclic) bond motifs is 1. The van der Waals surface area contributed by atoms with E-state index in [0.29, 0.717) is 10.6 Å². The molecule has 3 rings (SSSR count). The number of halogens is 1. The highest BCUT2D eigenvalue weighted by Gasteiger charge is 2.20. The summed E-state index contributed by atoms with van der Waals surface area (Å²) in [6.45, 7) is 0. The van der Waals surface area contributed by atoms with Crippen LogP contribution in [0.2, 0.25) is 0 Å². The average molecular weight is 350 g/mol. The summed E-state index contributed by atoms with van der Waals surface area (Å²) in [5.41, 5.74) is 2.43. The molecule has 0 amide bonds. The number of carboxylic acids is 1. The lowest BCUT2D eigenvalue weighted by Gasteiger charge is -2.09. The first-order valence-electron chi connectivity index (χ1n) is 6.33. The third-order valence-corrected chi connectivity index (χ3v) is 5.32. The molecular weight excluding hydrogens is 338 g/mol. The van der Waals surface area contributed by atoms with E-state index in [1.54, 1.807) is 6.07 Å². The second-order valence-corrected chi connectivity index (χ2v) is 6.52. The maximum absolute atomic E-state index is 11.4. The molecule has 0 spiro atoms. The molecule has 0 saturated heterocycles. The highest BCUT2D eigenvalue weighted by atomic mass is 79.9. The zero-order chi connectivity index (χ0) is 14.1. The number of carboxylic acid groups (broad SMARTS) is 1. The van der Waals surface area contributed by atoms with E-state index in [2.05, 4.69) is 20.9 Å². The van der Waals surface area contributed by atoms with Crippen molar-refractivity contribution in [2.75, 3.05) is 0 Å². The van der Waals surface area contributed by atoms with Crippen molar-refractivity contribution in [3.8, 4) is 0 Å². The van der Waals surface area contributed by atoms with E-state index in [1.807, 2.05) is 24.3 Å². The molecule has 5 heteroatoms. The van der Waals surface area contributed by atoms with Crippen molar-refractivity contribution in [1.82, 2.24) is 4.98 Å². The van der Waals surface area contributed by atoms with Crippen LogP contribution in [0.1, 0.15) is 28.0 Å². The first-order valence-corrected chi connectivity index (χ1v) is 7.94. The number of nitrogens with zero attached hydrogens (tertiary/aromatic N) is 1. The van der Waals surface area contributed by atoms with Gasteiger partial charge in [0.25, 0.3) is 0 Å². The lowest BCUT2D eigenvalue weighted by molar-refractivity contribution is 0.0692. The topological polar surface area (TPSA) is 50.2 Å². The van der Waals surface area contributed by atoms with Gasteiger partial charge in [0.05, 0.1) is 5.56 Å². The number of carbonyl (C=O) groups is 1. The van der Waals surface area contributed by atoms with Crippen molar-refractivity contribution < 1.29 is 9.90 Å². The van der Waals surface area contributed by atoms with E-state index in [0.717, 1.165) is 39.9 Å². The Morgan fingerprint density at radius 1 is 1.30 bits per heavy atom. The molecule has 0 unspecified atom stereocenters. The molecular formula is C15H12BrNO2S. The molecule has 0 radical (unpaired) electrons. The van der Waals surface area contributed by atoms with Crippen molar-refractivity contribution in [2.45, 2.75) is 29.2 Å². The third kappa shape index (κ3) is 2.60. The first kappa shape index (κ1) is 13.6. The van der Waals surface area contributed by atoms with Crippen molar-refractivity contribution in [2.24, 2.45) is 0 Å². The number of hydrogen-bond donors (Lipinski definition) is 1. The summed E-state index contributed by atoms with van der Waals surface area (Å²) in [6.07, 6.45) is 2.94. The molecule has 1 aliphatic rings. The van der Waals surface area contributed by atoms with E-state index in [9.17, 15) is 9.90 Å². The minimum absolute atomic E-state index is 0.298. The standard InChI is InChI=1S/C15H12BrNO2S/c16-11-5-1-2-7-13(11)20-14-10(15(18)19)8-9-4-3-6-12(9)17-14/h1-2,5,7-8H,3-4,6H2,(H,18,19). The van der Waals surface area contributed by atoms with Gasteiger partial charge in [-0.15, -0.1) is 0 Å². The summed E-state index contributed by atoms with van der Waals surface area (Å²) in [7, 11) is 0. The highest BCUT2D eigenvalue weighted by Crippen LogP contribution is 2.36. The number of hydrogen-bond acceptors (Lipinski definition) is 3. The van der Waals surface area contributed by atoms with Gasteiger partial charge in [0, 0.05) is 15.1 Å². The predicted octanol–water partition coefficient (Wildman–Crippen LogP) is 4.18. The van der Waals surface area contributed by atoms with Gasteiger partial charge < -0.3 is 5.11 Å². The number of pyridine rings is 1. The quantitative estimate of drug-likeness (QED) is 0.902. The van der Waals surface area contributed by atoms with Crippen LogP contribution in [0.3, 0.4) is 0 Å². The van der Waals surface area contributed by atoms with Crippen LogP contribution in [0, 0.1) is 0 Å². The van der Waals surface area contributed by atoms with Gasteiger partial charge in [-0.3, -0.25) is 0 Å². The smallest absolute Gasteiger partial charge is 0.338 e. The van der Waals surface area contributed by atoms with Crippen LogP contribution in [-0.2, 0) is 12.8 Å². The molecule has 1 heterocycles. The number of aromatic carboxylic acids is 1. The fraction of sp³-hybridized carbons (Fsp3) is 0.200. The molecule has 0 atom stereocenters. The third-order valence-electron chi connectivity index (χ3n) is 3.29. The van der Waals surface area contributed by atoms with Gasteiger partial charge in [0.1, 0.15) is 5.03 Å². The van der Waals surface area contributed by atoms with Crippen LogP contribution in [0.4, 0.5) is 0 Å².